The summed E-state index contributed by atoms with van der Waals surface area (Å²) in [7, 11) is 0. The Kier molecular flexibility index (Phi) is 11.3. The maximum absolute atomic E-state index is 2.82. The molecule has 8 aromatic carbocycles. The lowest BCUT2D eigenvalue weighted by molar-refractivity contribution is 0.195. The van der Waals surface area contributed by atoms with Crippen molar-refractivity contribution in [2.24, 2.45) is 5.41 Å². The third-order valence-corrected chi connectivity index (χ3v) is 19.5. The fourth-order valence-corrected chi connectivity index (χ4v) is 15.0. The van der Waals surface area contributed by atoms with E-state index in [0.717, 1.165) is 19.3 Å². The lowest BCUT2D eigenvalue weighted by atomic mass is 9.33. The molecule has 394 valence electrons. The highest BCUT2D eigenvalue weighted by molar-refractivity contribution is 7.00. The number of hydrogen-bond acceptors (Lipinski definition) is 3. The fraction of sp³-hybridized carbons (Fsp3) is 0.351. The Hall–Kier alpha value is -6.78. The summed E-state index contributed by atoms with van der Waals surface area (Å²) in [4.78, 5) is 8.20. The molecule has 0 saturated heterocycles. The molecule has 0 N–H and O–H groups in total. The monoisotopic (exact) mass is 1020 g/mol. The van der Waals surface area contributed by atoms with Gasteiger partial charge in [0.25, 0.3) is 6.71 Å². The van der Waals surface area contributed by atoms with Crippen molar-refractivity contribution in [3.8, 4) is 22.3 Å². The lowest BCUT2D eigenvalue weighted by Gasteiger charge is -2.51. The van der Waals surface area contributed by atoms with Crippen LogP contribution in [0.1, 0.15) is 155 Å². The van der Waals surface area contributed by atoms with Crippen LogP contribution in [-0.4, -0.2) is 12.3 Å². The maximum atomic E-state index is 2.82. The highest BCUT2D eigenvalue weighted by atomic mass is 15.3. The minimum absolute atomic E-state index is 0.00472. The van der Waals surface area contributed by atoms with E-state index in [1.807, 2.05) is 0 Å². The first-order chi connectivity index (χ1) is 36.9. The zero-order valence-electron chi connectivity index (χ0n) is 49.2. The molecule has 3 heterocycles. The molecule has 78 heavy (non-hydrogen) atoms. The van der Waals surface area contributed by atoms with Crippen LogP contribution in [0.15, 0.2) is 158 Å². The van der Waals surface area contributed by atoms with Gasteiger partial charge >= 0.3 is 0 Å². The largest absolute Gasteiger partial charge is 0.334 e. The van der Waals surface area contributed by atoms with Crippen molar-refractivity contribution in [1.29, 1.82) is 0 Å². The Morgan fingerprint density at radius 1 is 0.436 bits per heavy atom. The van der Waals surface area contributed by atoms with E-state index in [-0.39, 0.29) is 39.3 Å². The predicted molar refractivity (Wildman–Crippen MR) is 336 cm³/mol. The van der Waals surface area contributed by atoms with Crippen LogP contribution in [0.4, 0.5) is 45.5 Å². The van der Waals surface area contributed by atoms with Crippen LogP contribution in [0, 0.1) is 12.3 Å². The minimum atomic E-state index is -0.100. The van der Waals surface area contributed by atoms with E-state index in [0.29, 0.717) is 0 Å². The van der Waals surface area contributed by atoms with Crippen LogP contribution in [0.2, 0.25) is 0 Å². The molecule has 5 aliphatic rings. The normalized spacial score (nSPS) is 20.0. The number of nitrogens with zero attached hydrogens (tertiary/aromatic N) is 3. The summed E-state index contributed by atoms with van der Waals surface area (Å²) in [6.45, 7) is 33.6. The van der Waals surface area contributed by atoms with E-state index in [1.165, 1.54) is 142 Å². The molecule has 2 unspecified atom stereocenters. The second-order valence-corrected chi connectivity index (χ2v) is 28.6. The molecular formula is C74H80BN3. The van der Waals surface area contributed by atoms with Gasteiger partial charge < -0.3 is 14.7 Å². The molecule has 3 nitrogen and oxygen atoms in total. The van der Waals surface area contributed by atoms with Crippen molar-refractivity contribution >= 4 is 68.6 Å². The molecule has 13 rings (SSSR count). The molecule has 2 atom stereocenters. The molecule has 2 aliphatic carbocycles. The van der Waals surface area contributed by atoms with E-state index < -0.39 is 0 Å². The number of hydrogen-bond donors (Lipinski definition) is 0. The highest BCUT2D eigenvalue weighted by Crippen LogP contribution is 2.62. The molecular weight excluding hydrogens is 942 g/mol. The molecule has 0 amide bonds. The summed E-state index contributed by atoms with van der Waals surface area (Å²) >= 11 is 0. The van der Waals surface area contributed by atoms with Gasteiger partial charge in [0.1, 0.15) is 0 Å². The number of benzene rings is 8. The first-order valence-corrected chi connectivity index (χ1v) is 29.3. The lowest BCUT2D eigenvalue weighted by Crippen LogP contribution is -2.62. The first kappa shape index (κ1) is 50.7. The average Bonchev–Trinajstić information content (AvgIpc) is 2.94. The Morgan fingerprint density at radius 3 is 1.46 bits per heavy atom. The summed E-state index contributed by atoms with van der Waals surface area (Å²) in [5.74, 6) is 0. The zero-order valence-corrected chi connectivity index (χ0v) is 49.2. The van der Waals surface area contributed by atoms with Crippen molar-refractivity contribution in [1.82, 2.24) is 0 Å². The van der Waals surface area contributed by atoms with Gasteiger partial charge in [-0.1, -0.05) is 187 Å². The van der Waals surface area contributed by atoms with E-state index in [4.69, 9.17) is 0 Å². The second-order valence-electron chi connectivity index (χ2n) is 28.6. The summed E-state index contributed by atoms with van der Waals surface area (Å²) in [5.41, 5.74) is 29.2. The Labute approximate surface area is 467 Å². The number of rotatable bonds is 5. The Balaban J connectivity index is 1.14. The molecule has 1 saturated carbocycles. The summed E-state index contributed by atoms with van der Waals surface area (Å²) in [6, 6.07) is 62.5. The Morgan fingerprint density at radius 2 is 0.910 bits per heavy atom. The maximum Gasteiger partial charge on any atom is 0.252 e. The molecule has 0 spiro atoms. The quantitative estimate of drug-likeness (QED) is 0.159. The van der Waals surface area contributed by atoms with Gasteiger partial charge in [-0.15, -0.1) is 0 Å². The van der Waals surface area contributed by atoms with Crippen molar-refractivity contribution in [3.63, 3.8) is 0 Å². The fourth-order valence-electron chi connectivity index (χ4n) is 15.0. The van der Waals surface area contributed by atoms with Crippen LogP contribution in [0.3, 0.4) is 0 Å². The van der Waals surface area contributed by atoms with Crippen LogP contribution < -0.4 is 31.1 Å². The number of anilines is 8. The van der Waals surface area contributed by atoms with Crippen LogP contribution in [0.25, 0.3) is 22.3 Å². The molecule has 1 fully saturated rings. The standard InChI is InChI=1S/C74H80BN3/c1-47-37-66-68-67(38-47)77(62-32-28-53(70(5,6)7)42-57(62)49-25-19-16-20-26-49)65-40-51-46-72(11,12)45-50(51)39-59(65)75(68)60-44-55(78-63-33-29-54(71(8,9)10)43-58(63)73(13)35-21-22-36-74(73,78)14)30-34-64(60)76(66)61-31-27-52(69(2,3)4)41-56(61)48-23-17-15-18-24-48/h15-20,23-34,37-44H,21-22,35-36,45-46H2,1-14H3. The van der Waals surface area contributed by atoms with Gasteiger partial charge in [0.05, 0.1) is 16.9 Å². The van der Waals surface area contributed by atoms with E-state index in [2.05, 4.69) is 269 Å². The number of aryl methyl sites for hydroxylation is 1. The highest BCUT2D eigenvalue weighted by Gasteiger charge is 2.58. The van der Waals surface area contributed by atoms with Gasteiger partial charge in [0.15, 0.2) is 0 Å². The summed E-state index contributed by atoms with van der Waals surface area (Å²) in [6.07, 6.45) is 6.98. The number of fused-ring (bicyclic) bond motifs is 8. The van der Waals surface area contributed by atoms with Crippen LogP contribution in [-0.2, 0) is 34.5 Å². The zero-order chi connectivity index (χ0) is 54.6. The summed E-state index contributed by atoms with van der Waals surface area (Å²) in [5, 5.41) is 0. The molecule has 3 aliphatic heterocycles. The molecule has 0 bridgehead atoms. The SMILES string of the molecule is Cc1cc2c3c(c1)N(c1ccc(C(C)(C)C)cc1-c1ccccc1)c1cc4c(cc1B3c1cc(N3c5ccc(C(C)(C)C)cc5C5(C)CCCCC35C)ccc1N2c1ccc(C(C)(C)C)cc1-c1ccccc1)CC(C)(C)C4. The molecule has 0 radical (unpaired) electrons. The third-order valence-electron chi connectivity index (χ3n) is 19.5. The third kappa shape index (κ3) is 7.80. The van der Waals surface area contributed by atoms with Crippen LogP contribution >= 0.6 is 0 Å². The second kappa shape index (κ2) is 17.4. The van der Waals surface area contributed by atoms with Crippen molar-refractivity contribution < 1.29 is 0 Å². The molecule has 4 heteroatoms. The van der Waals surface area contributed by atoms with Gasteiger partial charge in [-0.25, -0.2) is 0 Å². The smallest absolute Gasteiger partial charge is 0.252 e. The summed E-state index contributed by atoms with van der Waals surface area (Å²) < 4.78 is 0. The van der Waals surface area contributed by atoms with Crippen molar-refractivity contribution in [2.45, 2.75) is 163 Å². The molecule has 0 aromatic heterocycles. The van der Waals surface area contributed by atoms with Crippen molar-refractivity contribution in [2.75, 3.05) is 14.7 Å². The first-order valence-electron chi connectivity index (χ1n) is 29.3. The van der Waals surface area contributed by atoms with Gasteiger partial charge in [-0.05, 0) is 194 Å². The Bertz CT molecular complexity index is 3730. The predicted octanol–water partition coefficient (Wildman–Crippen LogP) is 18.2. The van der Waals surface area contributed by atoms with Gasteiger partial charge in [-0.3, -0.25) is 0 Å². The molecule has 8 aromatic rings. The van der Waals surface area contributed by atoms with E-state index in [9.17, 15) is 0 Å². The van der Waals surface area contributed by atoms with Gasteiger partial charge in [-0.2, -0.15) is 0 Å². The average molecular weight is 1020 g/mol. The topological polar surface area (TPSA) is 9.72 Å². The van der Waals surface area contributed by atoms with Crippen LogP contribution in [0.5, 0.6) is 0 Å². The van der Waals surface area contributed by atoms with Gasteiger partial charge in [0.2, 0.25) is 0 Å². The van der Waals surface area contributed by atoms with Gasteiger partial charge in [0, 0.05) is 50.7 Å². The van der Waals surface area contributed by atoms with Crippen molar-refractivity contribution in [3.05, 3.63) is 197 Å². The minimum Gasteiger partial charge on any atom is -0.334 e. The van der Waals surface area contributed by atoms with E-state index >= 15 is 0 Å². The van der Waals surface area contributed by atoms with E-state index in [1.54, 1.807) is 0 Å².